The summed E-state index contributed by atoms with van der Waals surface area (Å²) in [5.41, 5.74) is 2.24. The third kappa shape index (κ3) is 1.36. The van der Waals surface area contributed by atoms with Gasteiger partial charge in [0.1, 0.15) is 5.76 Å². The lowest BCUT2D eigenvalue weighted by atomic mass is 9.54. The summed E-state index contributed by atoms with van der Waals surface area (Å²) in [7, 11) is 0. The predicted molar refractivity (Wildman–Crippen MR) is 66.7 cm³/mol. The Morgan fingerprint density at radius 2 is 2.18 bits per heavy atom. The molecular formula is C15H22O2. The number of rotatable bonds is 0. The highest BCUT2D eigenvalue weighted by Crippen LogP contribution is 2.57. The number of aliphatic hydroxyl groups is 1. The summed E-state index contributed by atoms with van der Waals surface area (Å²) < 4.78 is 5.63. The second-order valence-corrected chi connectivity index (χ2v) is 6.26. The van der Waals surface area contributed by atoms with Crippen molar-refractivity contribution >= 4 is 0 Å². The minimum Gasteiger partial charge on any atom is -0.469 e. The van der Waals surface area contributed by atoms with Gasteiger partial charge in [0.05, 0.1) is 12.4 Å². The van der Waals surface area contributed by atoms with Crippen molar-refractivity contribution in [2.45, 2.75) is 52.6 Å². The molecule has 1 aromatic heterocycles. The summed E-state index contributed by atoms with van der Waals surface area (Å²) in [6.45, 7) is 6.63. The van der Waals surface area contributed by atoms with Gasteiger partial charge in [-0.15, -0.1) is 0 Å². The first-order valence-electron chi connectivity index (χ1n) is 6.80. The Balaban J connectivity index is 2.10. The lowest BCUT2D eigenvalue weighted by Crippen LogP contribution is -2.46. The zero-order valence-electron chi connectivity index (χ0n) is 11.0. The first-order chi connectivity index (χ1) is 8.05. The molecule has 4 atom stereocenters. The number of furan rings is 1. The van der Waals surface area contributed by atoms with Gasteiger partial charge in [0, 0.05) is 17.4 Å². The largest absolute Gasteiger partial charge is 0.469 e. The zero-order valence-corrected chi connectivity index (χ0v) is 11.0. The first kappa shape index (κ1) is 11.3. The molecule has 2 aliphatic carbocycles. The maximum absolute atomic E-state index is 10.8. The van der Waals surface area contributed by atoms with Crippen LogP contribution in [0.2, 0.25) is 0 Å². The van der Waals surface area contributed by atoms with Gasteiger partial charge in [-0.25, -0.2) is 0 Å². The second-order valence-electron chi connectivity index (χ2n) is 6.26. The number of hydrogen-bond acceptors (Lipinski definition) is 2. The fraction of sp³-hybridized carbons (Fsp3) is 0.733. The van der Waals surface area contributed by atoms with Crippen LogP contribution in [0, 0.1) is 24.2 Å². The molecule has 0 aliphatic heterocycles. The van der Waals surface area contributed by atoms with Crippen LogP contribution in [0.5, 0.6) is 0 Å². The van der Waals surface area contributed by atoms with Crippen molar-refractivity contribution in [3.63, 3.8) is 0 Å². The molecule has 0 unspecified atom stereocenters. The van der Waals surface area contributed by atoms with E-state index in [4.69, 9.17) is 4.42 Å². The number of aryl methyl sites for hydroxylation is 1. The van der Waals surface area contributed by atoms with Gasteiger partial charge in [-0.05, 0) is 30.7 Å². The van der Waals surface area contributed by atoms with Crippen LogP contribution in [-0.2, 0) is 6.42 Å². The maximum Gasteiger partial charge on any atom is 0.110 e. The molecule has 2 nitrogen and oxygen atoms in total. The summed E-state index contributed by atoms with van der Waals surface area (Å²) >= 11 is 0. The molecule has 3 rings (SSSR count). The molecule has 1 aromatic rings. The van der Waals surface area contributed by atoms with Gasteiger partial charge < -0.3 is 9.52 Å². The minimum absolute atomic E-state index is 0.0416. The molecule has 94 valence electrons. The van der Waals surface area contributed by atoms with E-state index in [0.717, 1.165) is 23.3 Å². The zero-order chi connectivity index (χ0) is 12.2. The minimum atomic E-state index is -0.342. The van der Waals surface area contributed by atoms with Gasteiger partial charge in [-0.3, -0.25) is 0 Å². The Labute approximate surface area is 103 Å². The summed E-state index contributed by atoms with van der Waals surface area (Å²) in [6.07, 6.45) is 6.25. The number of hydrogen-bond donors (Lipinski definition) is 1. The van der Waals surface area contributed by atoms with Gasteiger partial charge in [-0.2, -0.15) is 0 Å². The molecule has 2 heteroatoms. The number of fused-ring (bicyclic) bond motifs is 2. The molecular weight excluding hydrogens is 212 g/mol. The summed E-state index contributed by atoms with van der Waals surface area (Å²) in [4.78, 5) is 0. The van der Waals surface area contributed by atoms with Crippen LogP contribution in [0.15, 0.2) is 10.7 Å². The Morgan fingerprint density at radius 3 is 2.94 bits per heavy atom. The third-order valence-corrected chi connectivity index (χ3v) is 5.53. The highest BCUT2D eigenvalue weighted by atomic mass is 16.3. The Kier molecular flexibility index (Phi) is 2.41. The number of aliphatic hydroxyl groups excluding tert-OH is 1. The van der Waals surface area contributed by atoms with E-state index in [9.17, 15) is 5.11 Å². The van der Waals surface area contributed by atoms with E-state index in [1.54, 1.807) is 6.26 Å². The molecule has 17 heavy (non-hydrogen) atoms. The van der Waals surface area contributed by atoms with Crippen LogP contribution in [0.25, 0.3) is 0 Å². The molecule has 0 aromatic carbocycles. The molecule has 1 fully saturated rings. The lowest BCUT2D eigenvalue weighted by Gasteiger charge is -2.51. The van der Waals surface area contributed by atoms with Crippen LogP contribution in [-0.4, -0.2) is 5.11 Å². The van der Waals surface area contributed by atoms with Gasteiger partial charge in [-0.1, -0.05) is 26.7 Å². The van der Waals surface area contributed by atoms with Gasteiger partial charge in [0.25, 0.3) is 0 Å². The van der Waals surface area contributed by atoms with Crippen molar-refractivity contribution in [1.29, 1.82) is 0 Å². The average molecular weight is 234 g/mol. The third-order valence-electron chi connectivity index (χ3n) is 5.53. The predicted octanol–water partition coefficient (Wildman–Crippen LogP) is 3.62. The van der Waals surface area contributed by atoms with Gasteiger partial charge in [0.2, 0.25) is 0 Å². The molecule has 0 radical (unpaired) electrons. The van der Waals surface area contributed by atoms with E-state index in [2.05, 4.69) is 13.8 Å². The summed E-state index contributed by atoms with van der Waals surface area (Å²) in [5, 5.41) is 10.8. The van der Waals surface area contributed by atoms with Crippen molar-refractivity contribution in [2.75, 3.05) is 0 Å². The van der Waals surface area contributed by atoms with E-state index in [0.29, 0.717) is 11.8 Å². The smallest absolute Gasteiger partial charge is 0.110 e. The standard InChI is InChI=1S/C15H22O2/c1-9-8-17-12-7-11-6-4-5-10(2)15(11,3)14(16)13(9)12/h8,10-11,14,16H,4-7H2,1-3H3/t10-,11+,14+,15-/m0/s1. The van der Waals surface area contributed by atoms with E-state index < -0.39 is 0 Å². The lowest BCUT2D eigenvalue weighted by molar-refractivity contribution is -0.0848. The highest BCUT2D eigenvalue weighted by molar-refractivity contribution is 5.34. The van der Waals surface area contributed by atoms with Crippen LogP contribution in [0.1, 0.15) is 56.1 Å². The second kappa shape index (κ2) is 3.61. The monoisotopic (exact) mass is 234 g/mol. The SMILES string of the molecule is Cc1coc2c1[C@@H](O)[C@]1(C)[C@H](CCC[C@@H]1C)C2. The molecule has 2 aliphatic rings. The normalized spacial score (nSPS) is 40.8. The Morgan fingerprint density at radius 1 is 1.41 bits per heavy atom. The first-order valence-corrected chi connectivity index (χ1v) is 6.80. The van der Waals surface area contributed by atoms with E-state index in [-0.39, 0.29) is 11.5 Å². The summed E-state index contributed by atoms with van der Waals surface area (Å²) in [6, 6.07) is 0. The van der Waals surface area contributed by atoms with Crippen molar-refractivity contribution in [2.24, 2.45) is 17.3 Å². The van der Waals surface area contributed by atoms with E-state index in [1.165, 1.54) is 19.3 Å². The molecule has 1 saturated carbocycles. The Bertz CT molecular complexity index is 434. The molecule has 0 spiro atoms. The Hall–Kier alpha value is -0.760. The van der Waals surface area contributed by atoms with Crippen LogP contribution in [0.4, 0.5) is 0 Å². The average Bonchev–Trinajstić information content (AvgIpc) is 2.65. The molecule has 1 N–H and O–H groups in total. The fourth-order valence-corrected chi connectivity index (χ4v) is 4.08. The topological polar surface area (TPSA) is 33.4 Å². The van der Waals surface area contributed by atoms with Crippen molar-refractivity contribution in [3.05, 3.63) is 23.2 Å². The molecule has 1 heterocycles. The molecule has 0 bridgehead atoms. The fourth-order valence-electron chi connectivity index (χ4n) is 4.08. The molecule has 0 saturated heterocycles. The maximum atomic E-state index is 10.8. The van der Waals surface area contributed by atoms with Crippen molar-refractivity contribution in [1.82, 2.24) is 0 Å². The van der Waals surface area contributed by atoms with Crippen LogP contribution >= 0.6 is 0 Å². The van der Waals surface area contributed by atoms with Crippen LogP contribution < -0.4 is 0 Å². The van der Waals surface area contributed by atoms with Gasteiger partial charge in [0.15, 0.2) is 0 Å². The molecule has 0 amide bonds. The van der Waals surface area contributed by atoms with Crippen molar-refractivity contribution < 1.29 is 9.52 Å². The quantitative estimate of drug-likeness (QED) is 0.743. The summed E-state index contributed by atoms with van der Waals surface area (Å²) in [5.74, 6) is 2.21. The highest BCUT2D eigenvalue weighted by Gasteiger charge is 2.51. The van der Waals surface area contributed by atoms with Crippen molar-refractivity contribution in [3.8, 4) is 0 Å². The van der Waals surface area contributed by atoms with Gasteiger partial charge >= 0.3 is 0 Å². The van der Waals surface area contributed by atoms with Crippen LogP contribution in [0.3, 0.4) is 0 Å². The van der Waals surface area contributed by atoms with E-state index >= 15 is 0 Å². The van der Waals surface area contributed by atoms with E-state index in [1.807, 2.05) is 6.92 Å².